The average Bonchev–Trinajstić information content (AvgIpc) is 2.86. The minimum atomic E-state index is -0.886. The first-order valence-corrected chi connectivity index (χ1v) is 6.64. The minimum absolute atomic E-state index is 0.00824. The number of amides is 1. The number of carboxylic acid groups (broad SMARTS) is 1. The van der Waals surface area contributed by atoms with Gasteiger partial charge in [-0.05, 0) is 25.4 Å². The van der Waals surface area contributed by atoms with E-state index in [-0.39, 0.29) is 5.91 Å². The van der Waals surface area contributed by atoms with Gasteiger partial charge in [0.1, 0.15) is 6.04 Å². The van der Waals surface area contributed by atoms with Gasteiger partial charge in [0.25, 0.3) is 0 Å². The average molecular weight is 244 g/mol. The summed E-state index contributed by atoms with van der Waals surface area (Å²) >= 11 is 1.51. The fourth-order valence-electron chi connectivity index (χ4n) is 2.15. The molecular weight excluding hydrogens is 228 g/mol. The Labute approximate surface area is 98.6 Å². The van der Waals surface area contributed by atoms with Gasteiger partial charge in [-0.3, -0.25) is 4.79 Å². The van der Waals surface area contributed by atoms with Crippen LogP contribution in [0.1, 0.15) is 12.8 Å². The van der Waals surface area contributed by atoms with Crippen LogP contribution in [0.15, 0.2) is 0 Å². The normalized spacial score (nSPS) is 29.6. The summed E-state index contributed by atoms with van der Waals surface area (Å²) in [4.78, 5) is 24.4. The first-order chi connectivity index (χ1) is 7.68. The van der Waals surface area contributed by atoms with Gasteiger partial charge in [0, 0.05) is 12.2 Å². The smallest absolute Gasteiger partial charge is 0.327 e. The molecule has 0 aliphatic carbocycles. The van der Waals surface area contributed by atoms with Crippen molar-refractivity contribution in [1.29, 1.82) is 0 Å². The molecule has 16 heavy (non-hydrogen) atoms. The molecule has 1 amide bonds. The molecule has 2 N–H and O–H groups in total. The first kappa shape index (κ1) is 11.7. The van der Waals surface area contributed by atoms with Crippen molar-refractivity contribution in [2.75, 3.05) is 24.7 Å². The maximum absolute atomic E-state index is 11.9. The van der Waals surface area contributed by atoms with Gasteiger partial charge in [0.2, 0.25) is 5.91 Å². The zero-order valence-electron chi connectivity index (χ0n) is 9.02. The van der Waals surface area contributed by atoms with Gasteiger partial charge in [-0.15, -0.1) is 11.8 Å². The number of carbonyl (C=O) groups is 2. The summed E-state index contributed by atoms with van der Waals surface area (Å²) in [5.74, 6) is 0.529. The van der Waals surface area contributed by atoms with Gasteiger partial charge in [0.15, 0.2) is 0 Å². The SMILES string of the molecule is O=C(O)[C@@H]1CSCN1C(=O)CC1CCNC1. The van der Waals surface area contributed by atoms with Crippen molar-refractivity contribution in [2.45, 2.75) is 18.9 Å². The van der Waals surface area contributed by atoms with Gasteiger partial charge < -0.3 is 15.3 Å². The quantitative estimate of drug-likeness (QED) is 0.730. The monoisotopic (exact) mass is 244 g/mol. The molecule has 2 rings (SSSR count). The van der Waals surface area contributed by atoms with Crippen LogP contribution in [0.4, 0.5) is 0 Å². The Bertz CT molecular complexity index is 292. The Morgan fingerprint density at radius 2 is 2.31 bits per heavy atom. The molecule has 0 spiro atoms. The molecule has 6 heteroatoms. The molecule has 1 unspecified atom stereocenters. The molecule has 2 aliphatic heterocycles. The van der Waals surface area contributed by atoms with Crippen LogP contribution in [0.2, 0.25) is 0 Å². The third-order valence-corrected chi connectivity index (χ3v) is 4.13. The number of carboxylic acids is 1. The van der Waals surface area contributed by atoms with Crippen LogP contribution in [0.5, 0.6) is 0 Å². The number of hydrogen-bond acceptors (Lipinski definition) is 4. The maximum atomic E-state index is 11.9. The number of aliphatic carboxylic acids is 1. The third-order valence-electron chi connectivity index (χ3n) is 3.11. The highest BCUT2D eigenvalue weighted by Crippen LogP contribution is 2.24. The summed E-state index contributed by atoms with van der Waals surface area (Å²) in [7, 11) is 0. The molecule has 0 aromatic rings. The van der Waals surface area contributed by atoms with Gasteiger partial charge in [0.05, 0.1) is 5.88 Å². The highest BCUT2D eigenvalue weighted by Gasteiger charge is 2.35. The molecule has 5 nitrogen and oxygen atoms in total. The second kappa shape index (κ2) is 5.05. The zero-order valence-corrected chi connectivity index (χ0v) is 9.83. The lowest BCUT2D eigenvalue weighted by Gasteiger charge is -2.21. The number of carbonyl (C=O) groups excluding carboxylic acids is 1. The van der Waals surface area contributed by atoms with Crippen LogP contribution < -0.4 is 5.32 Å². The molecular formula is C10H16N2O3S. The van der Waals surface area contributed by atoms with E-state index in [4.69, 9.17) is 5.11 Å². The van der Waals surface area contributed by atoms with Crippen molar-refractivity contribution in [3.8, 4) is 0 Å². The number of nitrogens with zero attached hydrogens (tertiary/aromatic N) is 1. The second-order valence-electron chi connectivity index (χ2n) is 4.28. The largest absolute Gasteiger partial charge is 0.480 e. The fraction of sp³-hybridized carbons (Fsp3) is 0.800. The van der Waals surface area contributed by atoms with Gasteiger partial charge in [-0.2, -0.15) is 0 Å². The van der Waals surface area contributed by atoms with Crippen LogP contribution in [0.3, 0.4) is 0 Å². The van der Waals surface area contributed by atoms with E-state index in [0.29, 0.717) is 24.0 Å². The lowest BCUT2D eigenvalue weighted by Crippen LogP contribution is -2.42. The molecule has 90 valence electrons. The lowest BCUT2D eigenvalue weighted by atomic mass is 10.0. The fourth-order valence-corrected chi connectivity index (χ4v) is 3.32. The van der Waals surface area contributed by atoms with E-state index >= 15 is 0 Å². The molecule has 0 bridgehead atoms. The molecule has 2 aliphatic rings. The molecule has 0 aromatic heterocycles. The Kier molecular flexibility index (Phi) is 3.70. The van der Waals surface area contributed by atoms with E-state index in [2.05, 4.69) is 5.32 Å². The topological polar surface area (TPSA) is 69.6 Å². The van der Waals surface area contributed by atoms with Crippen LogP contribution >= 0.6 is 11.8 Å². The summed E-state index contributed by atoms with van der Waals surface area (Å²) in [6.07, 6.45) is 1.50. The molecule has 0 radical (unpaired) electrons. The van der Waals surface area contributed by atoms with Crippen LogP contribution in [-0.2, 0) is 9.59 Å². The molecule has 2 atom stereocenters. The second-order valence-corrected chi connectivity index (χ2v) is 5.28. The van der Waals surface area contributed by atoms with Crippen molar-refractivity contribution in [3.05, 3.63) is 0 Å². The number of rotatable bonds is 3. The Morgan fingerprint density at radius 1 is 1.50 bits per heavy atom. The molecule has 0 saturated carbocycles. The Hall–Kier alpha value is -0.750. The molecule has 2 heterocycles. The van der Waals surface area contributed by atoms with Crippen LogP contribution in [0, 0.1) is 5.92 Å². The predicted octanol–water partition coefficient (Wildman–Crippen LogP) is -0.0279. The van der Waals surface area contributed by atoms with E-state index in [1.54, 1.807) is 0 Å². The van der Waals surface area contributed by atoms with Crippen LogP contribution in [0.25, 0.3) is 0 Å². The minimum Gasteiger partial charge on any atom is -0.480 e. The van der Waals surface area contributed by atoms with Crippen molar-refractivity contribution in [2.24, 2.45) is 5.92 Å². The van der Waals surface area contributed by atoms with E-state index in [1.807, 2.05) is 0 Å². The highest BCUT2D eigenvalue weighted by atomic mass is 32.2. The van der Waals surface area contributed by atoms with E-state index < -0.39 is 12.0 Å². The predicted molar refractivity (Wildman–Crippen MR) is 61.2 cm³/mol. The molecule has 2 saturated heterocycles. The standard InChI is InChI=1S/C10H16N2O3S/c13-9(3-7-1-2-11-4-7)12-6-16-5-8(12)10(14)15/h7-8,11H,1-6H2,(H,14,15)/t7?,8-/m0/s1. The summed E-state index contributed by atoms with van der Waals surface area (Å²) in [6, 6.07) is -0.619. The van der Waals surface area contributed by atoms with Crippen molar-refractivity contribution < 1.29 is 14.7 Å². The van der Waals surface area contributed by atoms with Crippen LogP contribution in [-0.4, -0.2) is 52.6 Å². The zero-order chi connectivity index (χ0) is 11.5. The number of thioether (sulfide) groups is 1. The summed E-state index contributed by atoms with van der Waals surface area (Å²) in [5.41, 5.74) is 0. The first-order valence-electron chi connectivity index (χ1n) is 5.49. The Balaban J connectivity index is 1.90. The summed E-state index contributed by atoms with van der Waals surface area (Å²) in [6.45, 7) is 1.85. The van der Waals surface area contributed by atoms with Gasteiger partial charge in [-0.25, -0.2) is 4.79 Å². The number of nitrogens with one attached hydrogen (secondary N) is 1. The number of hydrogen-bond donors (Lipinski definition) is 2. The summed E-state index contributed by atoms with van der Waals surface area (Å²) in [5, 5.41) is 12.2. The third kappa shape index (κ3) is 2.49. The molecule has 0 aromatic carbocycles. The summed E-state index contributed by atoms with van der Waals surface area (Å²) < 4.78 is 0. The Morgan fingerprint density at radius 3 is 2.94 bits per heavy atom. The van der Waals surface area contributed by atoms with E-state index in [0.717, 1.165) is 19.5 Å². The van der Waals surface area contributed by atoms with E-state index in [1.165, 1.54) is 16.7 Å². The maximum Gasteiger partial charge on any atom is 0.327 e. The highest BCUT2D eigenvalue weighted by molar-refractivity contribution is 7.99. The van der Waals surface area contributed by atoms with Gasteiger partial charge in [-0.1, -0.05) is 0 Å². The van der Waals surface area contributed by atoms with Gasteiger partial charge >= 0.3 is 5.97 Å². The van der Waals surface area contributed by atoms with Crippen molar-refractivity contribution >= 4 is 23.6 Å². The van der Waals surface area contributed by atoms with Crippen molar-refractivity contribution in [3.63, 3.8) is 0 Å². The van der Waals surface area contributed by atoms with Crippen molar-refractivity contribution in [1.82, 2.24) is 10.2 Å². The van der Waals surface area contributed by atoms with E-state index in [9.17, 15) is 9.59 Å². The molecule has 2 fully saturated rings. The lowest BCUT2D eigenvalue weighted by molar-refractivity contribution is -0.148.